The Hall–Kier alpha value is -0.279. The highest BCUT2D eigenvalue weighted by atomic mass is 127. The van der Waals surface area contributed by atoms with Crippen LogP contribution in [0.25, 0.3) is 11.2 Å². The van der Waals surface area contributed by atoms with Crippen LogP contribution in [0.3, 0.4) is 0 Å². The third kappa shape index (κ3) is 5.87. The minimum absolute atomic E-state index is 0.0451. The zero-order chi connectivity index (χ0) is 31.1. The zero-order valence-corrected chi connectivity index (χ0v) is 33.4. The predicted molar refractivity (Wildman–Crippen MR) is 191 cm³/mol. The first-order valence-corrected chi connectivity index (χ1v) is 24.5. The number of rotatable bonds is 8. The molecule has 42 heavy (non-hydrogen) atoms. The Labute approximate surface area is 275 Å². The van der Waals surface area contributed by atoms with Crippen LogP contribution >= 0.6 is 34.4 Å². The smallest absolute Gasteiger partial charge is 0.335 e. The highest BCUT2D eigenvalue weighted by Crippen LogP contribution is 2.58. The molecule has 0 amide bonds. The van der Waals surface area contributed by atoms with Crippen molar-refractivity contribution in [2.45, 2.75) is 137 Å². The van der Waals surface area contributed by atoms with Gasteiger partial charge < -0.3 is 17.5 Å². The molecule has 2 aliphatic heterocycles. The van der Waals surface area contributed by atoms with Crippen molar-refractivity contribution in [3.8, 4) is 11.5 Å². The lowest BCUT2D eigenvalue weighted by Gasteiger charge is -2.53. The van der Waals surface area contributed by atoms with Gasteiger partial charge in [0.05, 0.1) is 34.5 Å². The van der Waals surface area contributed by atoms with Crippen LogP contribution < -0.4 is 0 Å². The van der Waals surface area contributed by atoms with E-state index in [4.69, 9.17) is 13.0 Å². The van der Waals surface area contributed by atoms with Crippen LogP contribution in [0.15, 0.2) is 18.9 Å². The van der Waals surface area contributed by atoms with Crippen LogP contribution in [-0.2, 0) is 13.0 Å². The van der Waals surface area contributed by atoms with E-state index in [1.807, 2.05) is 24.3 Å². The van der Waals surface area contributed by atoms with E-state index < -0.39 is 29.9 Å². The summed E-state index contributed by atoms with van der Waals surface area (Å²) >= 11 is 4.53. The van der Waals surface area contributed by atoms with Crippen molar-refractivity contribution >= 4 is 70.7 Å². The standard InChI is InChI=1S/C30H51IN4O3SSi3/c1-12-40(13-2,14-3)16-15-30-18-36-41(21(4)5,22(6)7)38-42(23(8)9,24(10)11)37-27(30)26(31)29(39-30)35-20-34-28-25(35)17-32-19-33-28/h17,19-24,26-27,29H,12-14,18H2,1-11H3/t26?,27-,29?,30+/m0/s1. The number of thioether (sulfide) groups is 1. The maximum atomic E-state index is 7.69. The minimum Gasteiger partial charge on any atom is -0.414 e. The van der Waals surface area contributed by atoms with Gasteiger partial charge in [-0.25, -0.2) is 15.0 Å². The van der Waals surface area contributed by atoms with Crippen molar-refractivity contribution in [2.75, 3.05) is 6.61 Å². The summed E-state index contributed by atoms with van der Waals surface area (Å²) in [6.45, 7) is 25.8. The van der Waals surface area contributed by atoms with Crippen molar-refractivity contribution in [1.82, 2.24) is 19.5 Å². The number of hydrogen-bond acceptors (Lipinski definition) is 7. The van der Waals surface area contributed by atoms with Gasteiger partial charge in [-0.1, -0.05) is 105 Å². The third-order valence-corrected chi connectivity index (χ3v) is 28.2. The monoisotopic (exact) mass is 758 g/mol. The first-order chi connectivity index (χ1) is 19.8. The minimum atomic E-state index is -2.81. The summed E-state index contributed by atoms with van der Waals surface area (Å²) in [5.41, 5.74) is 6.76. The lowest BCUT2D eigenvalue weighted by Crippen LogP contribution is -2.67. The molecule has 2 saturated heterocycles. The van der Waals surface area contributed by atoms with Gasteiger partial charge in [0.1, 0.15) is 24.7 Å². The number of imidazole rings is 1. The fourth-order valence-electron chi connectivity index (χ4n) is 6.74. The van der Waals surface area contributed by atoms with Crippen LogP contribution in [0.2, 0.25) is 40.3 Å². The zero-order valence-electron chi connectivity index (χ0n) is 27.4. The van der Waals surface area contributed by atoms with Crippen LogP contribution in [0, 0.1) is 11.5 Å². The second-order valence-corrected chi connectivity index (χ2v) is 30.0. The maximum absolute atomic E-state index is 7.69. The molecule has 0 N–H and O–H groups in total. The van der Waals surface area contributed by atoms with E-state index in [1.165, 1.54) is 0 Å². The lowest BCUT2D eigenvalue weighted by atomic mass is 10.0. The van der Waals surface area contributed by atoms with Crippen LogP contribution in [-0.4, -0.2) is 66.1 Å². The van der Waals surface area contributed by atoms with E-state index >= 15 is 0 Å². The van der Waals surface area contributed by atoms with Gasteiger partial charge in [0.15, 0.2) is 5.65 Å². The number of halogens is 1. The topological polar surface area (TPSA) is 71.3 Å². The molecular weight excluding hydrogens is 708 g/mol. The molecule has 7 nitrogen and oxygen atoms in total. The van der Waals surface area contributed by atoms with E-state index in [1.54, 1.807) is 6.33 Å². The molecule has 2 aromatic heterocycles. The number of hydrogen-bond donors (Lipinski definition) is 0. The number of alkyl halides is 1. The summed E-state index contributed by atoms with van der Waals surface area (Å²) in [6.07, 6.45) is 5.21. The molecule has 4 rings (SSSR count). The Morgan fingerprint density at radius 1 is 1.00 bits per heavy atom. The molecule has 4 heterocycles. The Morgan fingerprint density at radius 3 is 2.14 bits per heavy atom. The van der Waals surface area contributed by atoms with Crippen molar-refractivity contribution in [3.05, 3.63) is 18.9 Å². The van der Waals surface area contributed by atoms with E-state index in [-0.39, 0.29) is 37.6 Å². The van der Waals surface area contributed by atoms with Gasteiger partial charge in [-0.2, -0.15) is 0 Å². The summed E-state index contributed by atoms with van der Waals surface area (Å²) in [7, 11) is -7.27. The van der Waals surface area contributed by atoms with Crippen LogP contribution in [0.4, 0.5) is 0 Å². The normalized spacial score (nSPS) is 27.8. The van der Waals surface area contributed by atoms with Crippen molar-refractivity contribution in [3.63, 3.8) is 0 Å². The van der Waals surface area contributed by atoms with E-state index in [0.29, 0.717) is 12.3 Å². The Morgan fingerprint density at radius 2 is 1.60 bits per heavy atom. The molecule has 0 aliphatic carbocycles. The molecule has 2 aromatic rings. The Bertz CT molecular complexity index is 1270. The maximum Gasteiger partial charge on any atom is 0.335 e. The second-order valence-electron chi connectivity index (χ2n) is 13.3. The van der Waals surface area contributed by atoms with Crippen molar-refractivity contribution in [1.29, 1.82) is 0 Å². The van der Waals surface area contributed by atoms with E-state index in [0.717, 1.165) is 23.6 Å². The summed E-state index contributed by atoms with van der Waals surface area (Å²) in [4.78, 5) is 13.4. The lowest BCUT2D eigenvalue weighted by molar-refractivity contribution is 0.0592. The van der Waals surface area contributed by atoms with Crippen LogP contribution in [0.1, 0.15) is 81.5 Å². The molecule has 234 valence electrons. The highest BCUT2D eigenvalue weighted by molar-refractivity contribution is 14.1. The van der Waals surface area contributed by atoms with Crippen LogP contribution in [0.5, 0.6) is 0 Å². The number of nitrogens with zero attached hydrogens (tertiary/aromatic N) is 4. The van der Waals surface area contributed by atoms with Gasteiger partial charge >= 0.3 is 17.1 Å². The summed E-state index contributed by atoms with van der Waals surface area (Å²) in [6, 6.07) is 3.49. The molecule has 0 aromatic carbocycles. The van der Waals surface area contributed by atoms with Crippen molar-refractivity contribution < 1.29 is 13.0 Å². The molecule has 2 unspecified atom stereocenters. The van der Waals surface area contributed by atoms with Gasteiger partial charge in [0.2, 0.25) is 0 Å². The number of aromatic nitrogens is 4. The first-order valence-electron chi connectivity index (χ1n) is 15.8. The van der Waals surface area contributed by atoms with E-state index in [2.05, 4.69) is 130 Å². The summed E-state index contributed by atoms with van der Waals surface area (Å²) < 4.78 is 24.4. The predicted octanol–water partition coefficient (Wildman–Crippen LogP) is 8.62. The molecular formula is C30H51IN4O3SSi3. The molecule has 0 spiro atoms. The van der Waals surface area contributed by atoms with Gasteiger partial charge in [-0.3, -0.25) is 0 Å². The van der Waals surface area contributed by atoms with E-state index in [9.17, 15) is 0 Å². The van der Waals surface area contributed by atoms with Gasteiger partial charge in [-0.15, -0.1) is 17.3 Å². The van der Waals surface area contributed by atoms with Crippen molar-refractivity contribution in [2.24, 2.45) is 0 Å². The average Bonchev–Trinajstić information content (AvgIpc) is 3.48. The number of fused-ring (bicyclic) bond motifs is 2. The van der Waals surface area contributed by atoms with Gasteiger partial charge in [0, 0.05) is 0 Å². The molecule has 2 aliphatic rings. The molecule has 0 bridgehead atoms. The molecule has 12 heteroatoms. The quantitative estimate of drug-likeness (QED) is 0.116. The van der Waals surface area contributed by atoms with Gasteiger partial charge in [-0.05, 0) is 40.3 Å². The SMILES string of the molecule is CC[Si](C#C[C@@]12CO[Si](C(C)C)(C(C)C)O[Si](C(C)C)(C(C)C)O[C@H]1C(I)C(n1cnc3ncncc31)S2)(CC)CC. The molecule has 2 fully saturated rings. The Balaban J connectivity index is 1.98. The second kappa shape index (κ2) is 13.2. The molecule has 4 atom stereocenters. The third-order valence-electron chi connectivity index (χ3n) is 9.81. The summed E-state index contributed by atoms with van der Waals surface area (Å²) in [5.74, 6) is 4.00. The molecule has 0 saturated carbocycles. The molecule has 0 radical (unpaired) electrons. The fourth-order valence-corrected chi connectivity index (χ4v) is 24.4. The largest absolute Gasteiger partial charge is 0.414 e. The summed E-state index contributed by atoms with van der Waals surface area (Å²) in [5, 5.41) is 0.0451. The fraction of sp³-hybridized carbons (Fsp3) is 0.767. The van der Waals surface area contributed by atoms with Gasteiger partial charge in [0.25, 0.3) is 0 Å². The Kier molecular flexibility index (Phi) is 10.9. The highest BCUT2D eigenvalue weighted by Gasteiger charge is 2.65. The average molecular weight is 759 g/mol. The first kappa shape index (κ1) is 34.6.